The fourth-order valence-corrected chi connectivity index (χ4v) is 5.64. The van der Waals surface area contributed by atoms with Gasteiger partial charge in [0.2, 0.25) is 0 Å². The number of imidazole rings is 1. The summed E-state index contributed by atoms with van der Waals surface area (Å²) in [7, 11) is -3.06. The number of nitrogens with zero attached hydrogens (tertiary/aromatic N) is 6. The Balaban J connectivity index is 1.43. The minimum Gasteiger partial charge on any atom is -0.494 e. The van der Waals surface area contributed by atoms with Gasteiger partial charge in [0.1, 0.15) is 23.8 Å². The monoisotopic (exact) mass is 641 g/mol. The highest BCUT2D eigenvalue weighted by molar-refractivity contribution is 5.81. The van der Waals surface area contributed by atoms with Crippen LogP contribution >= 0.6 is 0 Å². The van der Waals surface area contributed by atoms with Gasteiger partial charge in [-0.15, -0.1) is 0 Å². The van der Waals surface area contributed by atoms with Gasteiger partial charge in [-0.3, -0.25) is 4.98 Å². The van der Waals surface area contributed by atoms with Crippen molar-refractivity contribution in [3.63, 3.8) is 0 Å². The molecule has 0 radical (unpaired) electrons. The van der Waals surface area contributed by atoms with Crippen LogP contribution in [0.2, 0.25) is 0 Å². The second-order valence-corrected chi connectivity index (χ2v) is 10.8. The predicted octanol–water partition coefficient (Wildman–Crippen LogP) is 4.42. The van der Waals surface area contributed by atoms with Crippen LogP contribution < -0.4 is 20.7 Å². The first-order valence-corrected chi connectivity index (χ1v) is 14.3. The minimum absolute atomic E-state index is 0.00928. The highest BCUT2D eigenvalue weighted by Crippen LogP contribution is 2.34. The van der Waals surface area contributed by atoms with Crippen molar-refractivity contribution in [2.24, 2.45) is 5.92 Å². The maximum Gasteiger partial charge on any atom is 0.264 e. The van der Waals surface area contributed by atoms with E-state index in [1.165, 1.54) is 12.3 Å². The number of aromatic nitrogens is 5. The van der Waals surface area contributed by atoms with Crippen LogP contribution in [-0.2, 0) is 13.0 Å². The number of ether oxygens (including phenoxy) is 1. The number of rotatable bonds is 10. The normalized spacial score (nSPS) is 19.7. The Morgan fingerprint density at radius 3 is 2.74 bits per heavy atom. The number of halogens is 4. The van der Waals surface area contributed by atoms with Crippen molar-refractivity contribution in [2.75, 3.05) is 30.8 Å². The molecule has 1 unspecified atom stereocenters. The summed E-state index contributed by atoms with van der Waals surface area (Å²) in [5, 5.41) is 14.0. The zero-order valence-corrected chi connectivity index (χ0v) is 24.1. The van der Waals surface area contributed by atoms with Gasteiger partial charge in [0.05, 0.1) is 44.3 Å². The molecule has 6 rings (SSSR count). The van der Waals surface area contributed by atoms with Gasteiger partial charge in [0, 0.05) is 43.2 Å². The second kappa shape index (κ2) is 13.3. The SMILES string of the molecule is [2H]C([2H])([2H])Oc1cc(F)c(-c2cc(C([2H])([2H])n3cnc4c(N)ncnc43)c(N3CC[C@@H](NCc4ccccc4)C([C@H](O)C(F)F)C3)cn2)cc1F. The van der Waals surface area contributed by atoms with E-state index in [4.69, 9.17) is 9.85 Å². The Kier molecular flexibility index (Phi) is 7.32. The van der Waals surface area contributed by atoms with E-state index in [1.807, 2.05) is 30.3 Å². The number of alkyl halides is 2. The summed E-state index contributed by atoms with van der Waals surface area (Å²) in [4.78, 5) is 18.1. The maximum atomic E-state index is 15.4. The van der Waals surface area contributed by atoms with Gasteiger partial charge in [-0.25, -0.2) is 32.5 Å². The van der Waals surface area contributed by atoms with Crippen molar-refractivity contribution in [1.29, 1.82) is 0 Å². The first-order valence-electron chi connectivity index (χ1n) is 16.8. The third-order valence-corrected chi connectivity index (χ3v) is 8.00. The fraction of sp³-hybridized carbons (Fsp3) is 0.312. The van der Waals surface area contributed by atoms with Gasteiger partial charge >= 0.3 is 0 Å². The molecule has 1 fully saturated rings. The number of piperidine rings is 1. The molecule has 4 N–H and O–H groups in total. The number of nitrogens with two attached hydrogens (primary N) is 1. The molecule has 46 heavy (non-hydrogen) atoms. The minimum atomic E-state index is -3.07. The standard InChI is InChI=1S/C32H32F4N8O2/c1-46-27-11-22(33)20(10-23(27)34)25-9-19(14-44-17-42-28-31(37)40-16-41-32(28)44)26(13-39-25)43-8-7-24(21(15-43)29(45)30(35)36)38-12-18-5-3-2-4-6-18/h2-6,9-11,13,16-17,21,24,29-30,38,45H,7-8,12,14-15H2,1H3,(H2,37,40,41)/t21?,24-,29+/m1/s1/i1D3,14D2. The summed E-state index contributed by atoms with van der Waals surface area (Å²) in [6, 6.07) is 11.2. The first kappa shape index (κ1) is 25.4. The summed E-state index contributed by atoms with van der Waals surface area (Å²) in [5.41, 5.74) is 6.24. The van der Waals surface area contributed by atoms with Crippen LogP contribution in [0.1, 0.15) is 24.4 Å². The average Bonchev–Trinajstić information content (AvgIpc) is 3.55. The van der Waals surface area contributed by atoms with E-state index in [-0.39, 0.29) is 53.4 Å². The third kappa shape index (κ3) is 6.30. The highest BCUT2D eigenvalue weighted by atomic mass is 19.3. The second-order valence-electron chi connectivity index (χ2n) is 10.8. The Morgan fingerprint density at radius 1 is 1.13 bits per heavy atom. The summed E-state index contributed by atoms with van der Waals surface area (Å²) < 4.78 is 104. The summed E-state index contributed by atoms with van der Waals surface area (Å²) in [6.07, 6.45) is -1.36. The zero-order valence-electron chi connectivity index (χ0n) is 29.1. The first-order chi connectivity index (χ1) is 24.1. The molecule has 4 heterocycles. The van der Waals surface area contributed by atoms with Crippen LogP contribution in [-0.4, -0.2) is 68.3 Å². The molecular formula is C32H32F4N8O2. The zero-order chi connectivity index (χ0) is 36.7. The molecule has 3 atom stereocenters. The maximum absolute atomic E-state index is 15.4. The number of anilines is 2. The van der Waals surface area contributed by atoms with Gasteiger partial charge < -0.3 is 30.4 Å². The van der Waals surface area contributed by atoms with Gasteiger partial charge in [-0.1, -0.05) is 30.3 Å². The van der Waals surface area contributed by atoms with Crippen molar-refractivity contribution >= 4 is 22.7 Å². The number of hydrogen-bond donors (Lipinski definition) is 3. The van der Waals surface area contributed by atoms with E-state index < -0.39 is 61.0 Å². The van der Waals surface area contributed by atoms with Gasteiger partial charge in [0.25, 0.3) is 6.43 Å². The Labute approximate surface area is 268 Å². The quantitative estimate of drug-likeness (QED) is 0.190. The van der Waals surface area contributed by atoms with Gasteiger partial charge in [0.15, 0.2) is 23.0 Å². The highest BCUT2D eigenvalue weighted by Gasteiger charge is 2.38. The molecule has 3 aromatic heterocycles. The summed E-state index contributed by atoms with van der Waals surface area (Å²) >= 11 is 0. The molecular weight excluding hydrogens is 604 g/mol. The number of nitrogens with one attached hydrogen (secondary N) is 1. The van der Waals surface area contributed by atoms with Crippen LogP contribution in [0, 0.1) is 17.6 Å². The molecule has 0 aliphatic carbocycles. The van der Waals surface area contributed by atoms with Crippen LogP contribution in [0.25, 0.3) is 22.4 Å². The van der Waals surface area contributed by atoms with E-state index in [0.717, 1.165) is 22.8 Å². The lowest BCUT2D eigenvalue weighted by atomic mass is 9.86. The van der Waals surface area contributed by atoms with E-state index in [0.29, 0.717) is 18.7 Å². The molecule has 1 aliphatic rings. The molecule has 2 aromatic carbocycles. The lowest BCUT2D eigenvalue weighted by molar-refractivity contribution is -0.0497. The summed E-state index contributed by atoms with van der Waals surface area (Å²) in [5.74, 6) is -4.21. The molecule has 0 saturated carbocycles. The van der Waals surface area contributed by atoms with Crippen LogP contribution in [0.15, 0.2) is 67.4 Å². The third-order valence-electron chi connectivity index (χ3n) is 8.00. The van der Waals surface area contributed by atoms with Crippen molar-refractivity contribution in [3.05, 3.63) is 90.1 Å². The lowest BCUT2D eigenvalue weighted by Crippen LogP contribution is -2.55. The summed E-state index contributed by atoms with van der Waals surface area (Å²) in [6.45, 7) is -2.13. The number of pyridine rings is 1. The van der Waals surface area contributed by atoms with E-state index in [9.17, 15) is 21.0 Å². The molecule has 240 valence electrons. The number of aliphatic hydroxyl groups excluding tert-OH is 1. The van der Waals surface area contributed by atoms with E-state index >= 15 is 4.39 Å². The van der Waals surface area contributed by atoms with Gasteiger partial charge in [-0.2, -0.15) is 0 Å². The van der Waals surface area contributed by atoms with Crippen LogP contribution in [0.4, 0.5) is 29.1 Å². The Morgan fingerprint density at radius 2 is 1.96 bits per heavy atom. The number of aliphatic hydroxyl groups is 1. The topological polar surface area (TPSA) is 127 Å². The average molecular weight is 642 g/mol. The number of fused-ring (bicyclic) bond motifs is 1. The molecule has 14 heteroatoms. The number of methoxy groups -OCH3 is 1. The van der Waals surface area contributed by atoms with E-state index in [1.54, 1.807) is 4.90 Å². The Bertz CT molecular complexity index is 2020. The molecule has 1 aliphatic heterocycles. The van der Waals surface area contributed by atoms with Crippen molar-refractivity contribution in [1.82, 2.24) is 29.8 Å². The largest absolute Gasteiger partial charge is 0.494 e. The number of nitrogen functional groups attached to an aromatic ring is 1. The number of benzene rings is 2. The molecule has 1 saturated heterocycles. The number of hydrogen-bond acceptors (Lipinski definition) is 9. The smallest absolute Gasteiger partial charge is 0.264 e. The van der Waals surface area contributed by atoms with Crippen LogP contribution in [0.3, 0.4) is 0 Å². The molecule has 5 aromatic rings. The molecule has 0 amide bonds. The van der Waals surface area contributed by atoms with Crippen molar-refractivity contribution in [2.45, 2.75) is 38.0 Å². The van der Waals surface area contributed by atoms with E-state index in [2.05, 4.69) is 30.0 Å². The lowest BCUT2D eigenvalue weighted by Gasteiger charge is -2.42. The Hall–Kier alpha value is -4.82. The van der Waals surface area contributed by atoms with Crippen molar-refractivity contribution in [3.8, 4) is 17.0 Å². The fourth-order valence-electron chi connectivity index (χ4n) is 5.64. The predicted molar refractivity (Wildman–Crippen MR) is 164 cm³/mol. The van der Waals surface area contributed by atoms with Crippen LogP contribution in [0.5, 0.6) is 5.75 Å². The molecule has 0 bridgehead atoms. The molecule has 0 spiro atoms. The van der Waals surface area contributed by atoms with Crippen molar-refractivity contribution < 1.29 is 34.3 Å². The van der Waals surface area contributed by atoms with Gasteiger partial charge in [-0.05, 0) is 29.7 Å². The molecule has 10 nitrogen and oxygen atoms in total.